The normalized spacial score (nSPS) is 25.5. The highest BCUT2D eigenvalue weighted by atomic mass is 32.2. The minimum absolute atomic E-state index is 0.0704. The second-order valence-corrected chi connectivity index (χ2v) is 9.94. The summed E-state index contributed by atoms with van der Waals surface area (Å²) in [5, 5.41) is 42.3. The Bertz CT molecular complexity index is 1310. The molecule has 2 aliphatic heterocycles. The summed E-state index contributed by atoms with van der Waals surface area (Å²) in [4.78, 5) is 39.0. The highest BCUT2D eigenvalue weighted by molar-refractivity contribution is 7.98. The van der Waals surface area contributed by atoms with Crippen LogP contribution in [0.4, 0.5) is 0 Å². The number of amides is 3. The summed E-state index contributed by atoms with van der Waals surface area (Å²) in [5.74, 6) is -1.05. The third-order valence-corrected chi connectivity index (χ3v) is 7.53. The number of nitrogens with zero attached hydrogens (tertiary/aromatic N) is 4. The molecule has 0 saturated carbocycles. The number of hydrogen-bond acceptors (Lipinski definition) is 10. The van der Waals surface area contributed by atoms with Gasteiger partial charge in [0, 0.05) is 23.4 Å². The molecular formula is C24H25N5O7S. The largest absolute Gasteiger partial charge is 0.394 e. The van der Waals surface area contributed by atoms with Crippen molar-refractivity contribution in [3.63, 3.8) is 0 Å². The Kier molecular flexibility index (Phi) is 6.96. The van der Waals surface area contributed by atoms with Gasteiger partial charge in [-0.2, -0.15) is 0 Å². The zero-order valence-electron chi connectivity index (χ0n) is 19.7. The van der Waals surface area contributed by atoms with Gasteiger partial charge in [-0.3, -0.25) is 19.3 Å². The van der Waals surface area contributed by atoms with Crippen molar-refractivity contribution in [2.75, 3.05) is 6.61 Å². The molecule has 0 aliphatic carbocycles. The number of ether oxygens (including phenoxy) is 1. The first-order chi connectivity index (χ1) is 17.8. The molecule has 0 spiro atoms. The van der Waals surface area contributed by atoms with Crippen molar-refractivity contribution in [3.05, 3.63) is 59.4 Å². The molecule has 3 heterocycles. The van der Waals surface area contributed by atoms with Gasteiger partial charge >= 0.3 is 0 Å². The summed E-state index contributed by atoms with van der Waals surface area (Å²) in [7, 11) is 0. The quantitative estimate of drug-likeness (QED) is 0.304. The zero-order valence-corrected chi connectivity index (χ0v) is 20.5. The van der Waals surface area contributed by atoms with E-state index in [0.29, 0.717) is 22.2 Å². The highest BCUT2D eigenvalue weighted by Gasteiger charge is 2.45. The smallest absolute Gasteiger partial charge is 0.261 e. The summed E-state index contributed by atoms with van der Waals surface area (Å²) in [5.41, 5.74) is 0.497. The highest BCUT2D eigenvalue weighted by Crippen LogP contribution is 2.31. The van der Waals surface area contributed by atoms with E-state index in [-0.39, 0.29) is 12.4 Å². The summed E-state index contributed by atoms with van der Waals surface area (Å²) in [6.07, 6.45) is -2.15. The molecule has 5 atom stereocenters. The number of benzene rings is 2. The number of rotatable bonds is 7. The first-order valence-electron chi connectivity index (χ1n) is 11.6. The first kappa shape index (κ1) is 25.3. The lowest BCUT2D eigenvalue weighted by Gasteiger charge is -2.42. The van der Waals surface area contributed by atoms with E-state index >= 15 is 0 Å². The van der Waals surface area contributed by atoms with E-state index in [1.54, 1.807) is 30.5 Å². The molecule has 37 heavy (non-hydrogen) atoms. The standard InChI is InChI=1S/C24H25N5O7S/c1-12(31)25-19-21(33)20(32)17(10-30)36-24(19)37-11-28-8-14(26-27-28)9-29-22(34)15-6-2-4-13-5-3-7-16(18(13)15)23(29)35/h2-8,17,19-21,24,30,32-33H,9-11H2,1H3,(H,25,31)/t17-,19-,20-,21-,24+/m1/s1. The molecule has 12 nitrogen and oxygen atoms in total. The number of nitrogens with one attached hydrogen (secondary N) is 1. The van der Waals surface area contributed by atoms with Gasteiger partial charge in [-0.15, -0.1) is 16.9 Å². The number of aromatic nitrogens is 3. The Morgan fingerprint density at radius 3 is 2.41 bits per heavy atom. The topological polar surface area (TPSA) is 167 Å². The van der Waals surface area contributed by atoms with E-state index in [2.05, 4.69) is 15.6 Å². The third-order valence-electron chi connectivity index (χ3n) is 6.38. The van der Waals surface area contributed by atoms with Crippen LogP contribution in [0.1, 0.15) is 33.3 Å². The minimum Gasteiger partial charge on any atom is -0.394 e. The molecule has 2 aromatic carbocycles. The lowest BCUT2D eigenvalue weighted by molar-refractivity contribution is -0.173. The molecule has 2 aliphatic rings. The van der Waals surface area contributed by atoms with Crippen molar-refractivity contribution in [2.24, 2.45) is 0 Å². The Balaban J connectivity index is 1.29. The fraction of sp³-hybridized carbons (Fsp3) is 0.375. The van der Waals surface area contributed by atoms with Crippen LogP contribution in [0.3, 0.4) is 0 Å². The Hall–Kier alpha value is -3.36. The maximum absolute atomic E-state index is 13.1. The molecule has 0 radical (unpaired) electrons. The van der Waals surface area contributed by atoms with Crippen molar-refractivity contribution in [1.82, 2.24) is 25.2 Å². The van der Waals surface area contributed by atoms with Gasteiger partial charge in [0.05, 0.1) is 31.3 Å². The molecule has 13 heteroatoms. The number of aliphatic hydroxyl groups is 3. The fourth-order valence-corrected chi connectivity index (χ4v) is 5.71. The number of hydrogen-bond donors (Lipinski definition) is 4. The fourth-order valence-electron chi connectivity index (χ4n) is 4.62. The Morgan fingerprint density at radius 1 is 1.11 bits per heavy atom. The van der Waals surface area contributed by atoms with Crippen LogP contribution in [-0.4, -0.2) is 89.3 Å². The van der Waals surface area contributed by atoms with Gasteiger partial charge in [-0.05, 0) is 17.5 Å². The zero-order chi connectivity index (χ0) is 26.3. The molecule has 3 amide bonds. The lowest BCUT2D eigenvalue weighted by Crippen LogP contribution is -2.63. The van der Waals surface area contributed by atoms with Gasteiger partial charge in [0.25, 0.3) is 11.8 Å². The number of carbonyl (C=O) groups excluding carboxylic acids is 3. The van der Waals surface area contributed by atoms with Gasteiger partial charge in [0.2, 0.25) is 5.91 Å². The molecule has 0 unspecified atom stereocenters. The number of thioether (sulfide) groups is 1. The van der Waals surface area contributed by atoms with Crippen LogP contribution in [0.25, 0.3) is 10.8 Å². The lowest BCUT2D eigenvalue weighted by atomic mass is 9.94. The van der Waals surface area contributed by atoms with E-state index in [4.69, 9.17) is 4.74 Å². The molecular weight excluding hydrogens is 502 g/mol. The maximum atomic E-state index is 13.1. The SMILES string of the molecule is CC(=O)N[C@@H]1[C@@H](O)[C@H](O)[C@@H](CO)O[C@H]1SCn1cc(CN2C(=O)c3cccc4cccc(c34)C2=O)nn1. The van der Waals surface area contributed by atoms with Gasteiger partial charge in [0.15, 0.2) is 0 Å². The van der Waals surface area contributed by atoms with Gasteiger partial charge in [-0.25, -0.2) is 4.68 Å². The molecule has 1 saturated heterocycles. The van der Waals surface area contributed by atoms with E-state index in [0.717, 1.165) is 10.3 Å². The molecule has 194 valence electrons. The first-order valence-corrected chi connectivity index (χ1v) is 12.6. The monoisotopic (exact) mass is 527 g/mol. The summed E-state index contributed by atoms with van der Waals surface area (Å²) < 4.78 is 7.17. The minimum atomic E-state index is -1.37. The van der Waals surface area contributed by atoms with Gasteiger partial charge < -0.3 is 25.4 Å². The molecule has 4 N–H and O–H groups in total. The molecule has 1 aromatic heterocycles. The van der Waals surface area contributed by atoms with E-state index in [1.165, 1.54) is 23.4 Å². The van der Waals surface area contributed by atoms with Crippen LogP contribution < -0.4 is 5.32 Å². The van der Waals surface area contributed by atoms with Crippen LogP contribution in [0.15, 0.2) is 42.6 Å². The van der Waals surface area contributed by atoms with E-state index in [9.17, 15) is 29.7 Å². The van der Waals surface area contributed by atoms with Gasteiger partial charge in [0.1, 0.15) is 29.4 Å². The average Bonchev–Trinajstić information content (AvgIpc) is 3.34. The second-order valence-electron chi connectivity index (χ2n) is 8.88. The third kappa shape index (κ3) is 4.71. The van der Waals surface area contributed by atoms with Crippen LogP contribution in [0, 0.1) is 0 Å². The van der Waals surface area contributed by atoms with Crippen LogP contribution in [0.5, 0.6) is 0 Å². The van der Waals surface area contributed by atoms with Crippen LogP contribution >= 0.6 is 11.8 Å². The van der Waals surface area contributed by atoms with Crippen molar-refractivity contribution >= 4 is 40.3 Å². The van der Waals surface area contributed by atoms with Crippen molar-refractivity contribution in [3.8, 4) is 0 Å². The summed E-state index contributed by atoms with van der Waals surface area (Å²) >= 11 is 1.17. The summed E-state index contributed by atoms with van der Waals surface area (Å²) in [6, 6.07) is 9.74. The Labute approximate surface area is 215 Å². The number of carbonyl (C=O) groups is 3. The van der Waals surface area contributed by atoms with Crippen LogP contribution in [-0.2, 0) is 22.0 Å². The molecule has 0 bridgehead atoms. The molecule has 1 fully saturated rings. The average molecular weight is 528 g/mol. The Morgan fingerprint density at radius 2 is 1.78 bits per heavy atom. The van der Waals surface area contributed by atoms with E-state index < -0.39 is 54.1 Å². The molecule has 3 aromatic rings. The van der Waals surface area contributed by atoms with Crippen molar-refractivity contribution < 1.29 is 34.4 Å². The van der Waals surface area contributed by atoms with Gasteiger partial charge in [-0.1, -0.05) is 29.5 Å². The second kappa shape index (κ2) is 10.2. The number of imide groups is 1. The maximum Gasteiger partial charge on any atom is 0.261 e. The predicted octanol–water partition coefficient (Wildman–Crippen LogP) is -0.138. The number of aliphatic hydroxyl groups excluding tert-OH is 3. The van der Waals surface area contributed by atoms with Crippen molar-refractivity contribution in [1.29, 1.82) is 0 Å². The van der Waals surface area contributed by atoms with E-state index in [1.807, 2.05) is 12.1 Å². The predicted molar refractivity (Wildman–Crippen MR) is 131 cm³/mol. The van der Waals surface area contributed by atoms with Crippen molar-refractivity contribution in [2.45, 2.75) is 49.1 Å². The van der Waals surface area contributed by atoms with Crippen LogP contribution in [0.2, 0.25) is 0 Å². The molecule has 5 rings (SSSR count). The summed E-state index contributed by atoms with van der Waals surface area (Å²) in [6.45, 7) is 0.702.